The van der Waals surface area contributed by atoms with E-state index < -0.39 is 0 Å². The van der Waals surface area contributed by atoms with Gasteiger partial charge in [0, 0.05) is 30.6 Å². The van der Waals surface area contributed by atoms with Gasteiger partial charge in [-0.15, -0.1) is 0 Å². The van der Waals surface area contributed by atoms with Gasteiger partial charge in [0.25, 0.3) is 0 Å². The molecule has 2 nitrogen and oxygen atoms in total. The summed E-state index contributed by atoms with van der Waals surface area (Å²) >= 11 is 0. The molecule has 110 valence electrons. The van der Waals surface area contributed by atoms with E-state index in [9.17, 15) is 4.79 Å². The van der Waals surface area contributed by atoms with Crippen LogP contribution in [0.15, 0.2) is 48.5 Å². The summed E-state index contributed by atoms with van der Waals surface area (Å²) in [4.78, 5) is 12.9. The van der Waals surface area contributed by atoms with Crippen molar-refractivity contribution >= 4 is 12.0 Å². The number of aldehydes is 1. The number of anilines is 1. The number of rotatable bonds is 5. The smallest absolute Gasteiger partial charge is 0.119 e. The third-order valence-corrected chi connectivity index (χ3v) is 3.96. The van der Waals surface area contributed by atoms with Gasteiger partial charge in [-0.2, -0.15) is 0 Å². The number of nitrogens with zero attached hydrogens (tertiary/aromatic N) is 1. The quantitative estimate of drug-likeness (QED) is 0.474. The summed E-state index contributed by atoms with van der Waals surface area (Å²) in [6, 6.07) is 16.6. The first-order valence-corrected chi connectivity index (χ1v) is 7.76. The molecular weight excluding hydrogens is 270 g/mol. The number of para-hydroxylation sites is 1. The van der Waals surface area contributed by atoms with Crippen molar-refractivity contribution in [2.45, 2.75) is 25.8 Å². The Bertz CT molecular complexity index is 724. The second-order valence-electron chi connectivity index (χ2n) is 5.51. The van der Waals surface area contributed by atoms with Gasteiger partial charge in [0.05, 0.1) is 5.69 Å². The van der Waals surface area contributed by atoms with E-state index >= 15 is 0 Å². The van der Waals surface area contributed by atoms with Crippen molar-refractivity contribution in [1.82, 2.24) is 0 Å². The summed E-state index contributed by atoms with van der Waals surface area (Å²) < 4.78 is 0. The van der Waals surface area contributed by atoms with E-state index in [4.69, 9.17) is 0 Å². The molecule has 22 heavy (non-hydrogen) atoms. The maximum absolute atomic E-state index is 10.5. The highest BCUT2D eigenvalue weighted by Crippen LogP contribution is 2.25. The molecular formula is C20H19NO. The Hall–Kier alpha value is -2.53. The third-order valence-electron chi connectivity index (χ3n) is 3.96. The lowest BCUT2D eigenvalue weighted by Gasteiger charge is -2.27. The summed E-state index contributed by atoms with van der Waals surface area (Å²) in [5.74, 6) is 6.60. The molecule has 0 bridgehead atoms. The van der Waals surface area contributed by atoms with Gasteiger partial charge in [0.1, 0.15) is 6.29 Å². The minimum atomic E-state index is 0.645. The highest BCUT2D eigenvalue weighted by Gasteiger charge is 2.14. The topological polar surface area (TPSA) is 20.3 Å². The highest BCUT2D eigenvalue weighted by atomic mass is 16.1. The Morgan fingerprint density at radius 2 is 1.68 bits per heavy atom. The number of benzene rings is 2. The van der Waals surface area contributed by atoms with Gasteiger partial charge in [-0.1, -0.05) is 42.2 Å². The predicted molar refractivity (Wildman–Crippen MR) is 89.8 cm³/mol. The zero-order chi connectivity index (χ0) is 15.2. The van der Waals surface area contributed by atoms with E-state index in [1.165, 1.54) is 11.3 Å². The molecule has 1 aliphatic rings. The minimum absolute atomic E-state index is 0.645. The molecule has 0 fully saturated rings. The first kappa shape index (κ1) is 14.4. The fourth-order valence-corrected chi connectivity index (χ4v) is 2.79. The van der Waals surface area contributed by atoms with Crippen LogP contribution in [0, 0.1) is 11.8 Å². The van der Waals surface area contributed by atoms with E-state index in [0.717, 1.165) is 43.3 Å². The fourth-order valence-electron chi connectivity index (χ4n) is 2.79. The van der Waals surface area contributed by atoms with Crippen molar-refractivity contribution in [2.24, 2.45) is 0 Å². The molecule has 0 saturated heterocycles. The van der Waals surface area contributed by atoms with E-state index in [1.807, 2.05) is 12.1 Å². The summed E-state index contributed by atoms with van der Waals surface area (Å²) in [5.41, 5.74) is 4.64. The SMILES string of the molecule is O=CCCCCN1Cc2ccccc2C#Cc2ccccc21. The molecule has 0 unspecified atom stereocenters. The Morgan fingerprint density at radius 3 is 2.55 bits per heavy atom. The van der Waals surface area contributed by atoms with Crippen molar-refractivity contribution in [3.63, 3.8) is 0 Å². The van der Waals surface area contributed by atoms with Gasteiger partial charge >= 0.3 is 0 Å². The maximum atomic E-state index is 10.5. The molecule has 1 heterocycles. The largest absolute Gasteiger partial charge is 0.366 e. The third kappa shape index (κ3) is 3.20. The number of fused-ring (bicyclic) bond motifs is 2. The molecule has 2 heteroatoms. The molecule has 0 N–H and O–H groups in total. The molecule has 0 atom stereocenters. The summed E-state index contributed by atoms with van der Waals surface area (Å²) in [6.07, 6.45) is 3.60. The first-order chi connectivity index (χ1) is 10.9. The molecule has 2 aromatic rings. The highest BCUT2D eigenvalue weighted by molar-refractivity contribution is 5.64. The van der Waals surface area contributed by atoms with Crippen LogP contribution in [0.25, 0.3) is 0 Å². The van der Waals surface area contributed by atoms with Crippen molar-refractivity contribution in [1.29, 1.82) is 0 Å². The number of hydrogen-bond donors (Lipinski definition) is 0. The van der Waals surface area contributed by atoms with Gasteiger partial charge in [-0.3, -0.25) is 0 Å². The fraction of sp³-hybridized carbons (Fsp3) is 0.250. The number of hydrogen-bond acceptors (Lipinski definition) is 2. The Labute approximate surface area is 131 Å². The number of carbonyl (C=O) groups is 1. The molecule has 3 rings (SSSR count). The van der Waals surface area contributed by atoms with Crippen LogP contribution in [-0.4, -0.2) is 12.8 Å². The van der Waals surface area contributed by atoms with E-state index in [0.29, 0.717) is 6.42 Å². The van der Waals surface area contributed by atoms with Crippen LogP contribution in [0.1, 0.15) is 36.0 Å². The average Bonchev–Trinajstić information content (AvgIpc) is 2.55. The first-order valence-electron chi connectivity index (χ1n) is 7.76. The lowest BCUT2D eigenvalue weighted by atomic mass is 10.0. The predicted octanol–water partition coefficient (Wildman–Crippen LogP) is 3.78. The molecule has 0 amide bonds. The summed E-state index contributed by atoms with van der Waals surface area (Å²) in [7, 11) is 0. The Balaban J connectivity index is 1.92. The van der Waals surface area contributed by atoms with Crippen molar-refractivity contribution in [3.05, 3.63) is 65.2 Å². The Morgan fingerprint density at radius 1 is 0.955 bits per heavy atom. The van der Waals surface area contributed by atoms with Crippen LogP contribution in [-0.2, 0) is 11.3 Å². The standard InChI is InChI=1S/C20H19NO/c22-15-7-1-6-14-21-16-19-10-3-2-8-17(19)12-13-18-9-4-5-11-20(18)21/h2-5,8-11,15H,1,6-7,14,16H2. The molecule has 1 aliphatic heterocycles. The molecule has 0 spiro atoms. The van der Waals surface area contributed by atoms with Crippen molar-refractivity contribution in [3.8, 4) is 11.8 Å². The van der Waals surface area contributed by atoms with Gasteiger partial charge in [-0.05, 0) is 36.6 Å². The van der Waals surface area contributed by atoms with Gasteiger partial charge < -0.3 is 9.69 Å². The molecule has 0 aliphatic carbocycles. The Kier molecular flexibility index (Phi) is 4.56. The normalized spacial score (nSPS) is 12.3. The molecule has 0 saturated carbocycles. The monoisotopic (exact) mass is 289 g/mol. The van der Waals surface area contributed by atoms with E-state index in [2.05, 4.69) is 53.1 Å². The number of unbranched alkanes of at least 4 members (excludes halogenated alkanes) is 2. The zero-order valence-electron chi connectivity index (χ0n) is 12.6. The molecule has 2 aromatic carbocycles. The van der Waals surface area contributed by atoms with Crippen LogP contribution in [0.5, 0.6) is 0 Å². The number of carbonyl (C=O) groups excluding carboxylic acids is 1. The van der Waals surface area contributed by atoms with Gasteiger partial charge in [0.2, 0.25) is 0 Å². The second kappa shape index (κ2) is 6.95. The van der Waals surface area contributed by atoms with Crippen LogP contribution < -0.4 is 4.90 Å². The van der Waals surface area contributed by atoms with Crippen LogP contribution in [0.3, 0.4) is 0 Å². The molecule has 0 aromatic heterocycles. The van der Waals surface area contributed by atoms with Crippen molar-refractivity contribution in [2.75, 3.05) is 11.4 Å². The van der Waals surface area contributed by atoms with Gasteiger partial charge in [0.15, 0.2) is 0 Å². The average molecular weight is 289 g/mol. The summed E-state index contributed by atoms with van der Waals surface area (Å²) in [5, 5.41) is 0. The van der Waals surface area contributed by atoms with Crippen LogP contribution in [0.4, 0.5) is 5.69 Å². The van der Waals surface area contributed by atoms with E-state index in [-0.39, 0.29) is 0 Å². The second-order valence-corrected chi connectivity index (χ2v) is 5.51. The minimum Gasteiger partial charge on any atom is -0.366 e. The zero-order valence-corrected chi connectivity index (χ0v) is 12.6. The lowest BCUT2D eigenvalue weighted by molar-refractivity contribution is -0.107. The van der Waals surface area contributed by atoms with Crippen molar-refractivity contribution < 1.29 is 4.79 Å². The van der Waals surface area contributed by atoms with Crippen LogP contribution in [0.2, 0.25) is 0 Å². The lowest BCUT2D eigenvalue weighted by Crippen LogP contribution is -2.25. The van der Waals surface area contributed by atoms with Crippen LogP contribution >= 0.6 is 0 Å². The maximum Gasteiger partial charge on any atom is 0.119 e. The van der Waals surface area contributed by atoms with Gasteiger partial charge in [-0.25, -0.2) is 0 Å². The summed E-state index contributed by atoms with van der Waals surface area (Å²) in [6.45, 7) is 1.81. The van der Waals surface area contributed by atoms with E-state index in [1.54, 1.807) is 0 Å². The molecule has 0 radical (unpaired) electrons.